The molecule has 2 aromatic heterocycles. The van der Waals surface area contributed by atoms with Gasteiger partial charge < -0.3 is 46.0 Å². The van der Waals surface area contributed by atoms with Crippen LogP contribution in [0.3, 0.4) is 0 Å². The van der Waals surface area contributed by atoms with Gasteiger partial charge in [0.2, 0.25) is 0 Å². The molecular weight excluding hydrogens is 543 g/mol. The van der Waals surface area contributed by atoms with Crippen LogP contribution in [0.25, 0.3) is 11.2 Å². The zero-order chi connectivity index (χ0) is 28.2. The average molecular weight is 575 g/mol. The Morgan fingerprint density at radius 2 is 1.92 bits per heavy atom. The van der Waals surface area contributed by atoms with Gasteiger partial charge in [-0.15, -0.1) is 0 Å². The van der Waals surface area contributed by atoms with E-state index in [9.17, 15) is 23.2 Å². The van der Waals surface area contributed by atoms with Crippen molar-refractivity contribution in [3.63, 3.8) is 0 Å². The summed E-state index contributed by atoms with van der Waals surface area (Å²) in [6.07, 6.45) is -3.67. The second-order valence-electron chi connectivity index (χ2n) is 8.74. The number of nitrogens with one attached hydrogen (secondary N) is 1. The van der Waals surface area contributed by atoms with Gasteiger partial charge in [-0.2, -0.15) is 8.42 Å². The van der Waals surface area contributed by atoms with Gasteiger partial charge >= 0.3 is 7.82 Å². The number of nitrogens with two attached hydrogens (primary N) is 1. The summed E-state index contributed by atoms with van der Waals surface area (Å²) >= 11 is 0. The predicted octanol–water partition coefficient (Wildman–Crippen LogP) is -3.27. The number of fused-ring (bicyclic) bond motifs is 1. The summed E-state index contributed by atoms with van der Waals surface area (Å²) in [6, 6.07) is 0. The van der Waals surface area contributed by atoms with Gasteiger partial charge in [0.05, 0.1) is 25.6 Å². The van der Waals surface area contributed by atoms with Crippen LogP contribution >= 0.6 is 7.82 Å². The largest absolute Gasteiger partial charge is 0.469 e. The second-order valence-corrected chi connectivity index (χ2v) is 11.5. The number of hydrogen-bond acceptors (Lipinski definition) is 14. The van der Waals surface area contributed by atoms with Gasteiger partial charge in [-0.05, 0) is 13.8 Å². The molecule has 0 aliphatic carbocycles. The van der Waals surface area contributed by atoms with Crippen molar-refractivity contribution < 1.29 is 57.0 Å². The number of nitrogens with zero attached hydrogens (tertiary/aromatic N) is 4. The van der Waals surface area contributed by atoms with Crippen molar-refractivity contribution in [2.75, 3.05) is 31.2 Å². The maximum Gasteiger partial charge on any atom is 0.469 e. The van der Waals surface area contributed by atoms with Crippen LogP contribution in [0.1, 0.15) is 20.1 Å². The normalized spacial score (nSPS) is 23.6. The van der Waals surface area contributed by atoms with E-state index in [0.717, 1.165) is 0 Å². The van der Waals surface area contributed by atoms with E-state index < -0.39 is 66.5 Å². The molecule has 0 spiro atoms. The van der Waals surface area contributed by atoms with E-state index in [1.807, 2.05) is 0 Å². The molecule has 18 nitrogen and oxygen atoms in total. The van der Waals surface area contributed by atoms with Crippen molar-refractivity contribution in [1.29, 1.82) is 0 Å². The van der Waals surface area contributed by atoms with E-state index in [1.54, 1.807) is 13.8 Å². The standard InChI is InChI=1S/C10H14N5O7P.C7H17NO5S/c11-8-5-9(13-2-12-8)15(3-14-5)10-7(17)6(16)4(22-10)1-21-23(18,19)20;1-7(2,5-9)8-3-6(10)4-14(11,12)13/h2-4,6-7,10,16-17H,1H2,(H2,11,12,13)(H2,18,19,20);6,8-10H,3-5H2,1-2H3,(H,11,12,13)/t4-,6-,7-,10-;/m1./s1. The Morgan fingerprint density at radius 1 is 1.27 bits per heavy atom. The average Bonchev–Trinajstić information content (AvgIpc) is 3.32. The van der Waals surface area contributed by atoms with E-state index in [2.05, 4.69) is 24.8 Å². The molecule has 1 unspecified atom stereocenters. The van der Waals surface area contributed by atoms with Crippen LogP contribution in [0.2, 0.25) is 0 Å². The highest BCUT2D eigenvalue weighted by molar-refractivity contribution is 7.85. The third-order valence-corrected chi connectivity index (χ3v) is 6.31. The van der Waals surface area contributed by atoms with Crippen molar-refractivity contribution in [3.8, 4) is 0 Å². The fourth-order valence-corrected chi connectivity index (χ4v) is 4.02. The summed E-state index contributed by atoms with van der Waals surface area (Å²) in [4.78, 5) is 29.2. The van der Waals surface area contributed by atoms with Crippen LogP contribution in [0.4, 0.5) is 5.82 Å². The third-order valence-electron chi connectivity index (χ3n) is 5.02. The first-order valence-electron chi connectivity index (χ1n) is 10.6. The van der Waals surface area contributed by atoms with E-state index in [4.69, 9.17) is 35.0 Å². The molecule has 1 saturated heterocycles. The molecule has 1 aliphatic heterocycles. The molecule has 0 amide bonds. The molecule has 10 N–H and O–H groups in total. The van der Waals surface area contributed by atoms with Crippen LogP contribution in [-0.4, -0.2) is 118 Å². The van der Waals surface area contributed by atoms with Gasteiger partial charge in [-0.3, -0.25) is 13.6 Å². The number of rotatable bonds is 10. The molecule has 212 valence electrons. The van der Waals surface area contributed by atoms with Crippen molar-refractivity contribution >= 4 is 34.9 Å². The van der Waals surface area contributed by atoms with Gasteiger partial charge in [0.15, 0.2) is 17.7 Å². The van der Waals surface area contributed by atoms with Crippen LogP contribution in [0, 0.1) is 0 Å². The van der Waals surface area contributed by atoms with Gasteiger partial charge in [-0.1, -0.05) is 0 Å². The van der Waals surface area contributed by atoms with Gasteiger partial charge in [0.1, 0.15) is 35.9 Å². The highest BCUT2D eigenvalue weighted by atomic mass is 32.2. The molecule has 1 aliphatic rings. The molecule has 5 atom stereocenters. The Morgan fingerprint density at radius 3 is 2.49 bits per heavy atom. The molecule has 0 radical (unpaired) electrons. The first-order chi connectivity index (χ1) is 16.9. The molecule has 20 heteroatoms. The van der Waals surface area contributed by atoms with Gasteiger partial charge in [0, 0.05) is 12.1 Å². The summed E-state index contributed by atoms with van der Waals surface area (Å²) in [7, 11) is -8.87. The smallest absolute Gasteiger partial charge is 0.394 e. The van der Waals surface area contributed by atoms with E-state index >= 15 is 0 Å². The Bertz CT molecular complexity index is 1190. The van der Waals surface area contributed by atoms with Crippen molar-refractivity contribution in [3.05, 3.63) is 12.7 Å². The summed E-state index contributed by atoms with van der Waals surface area (Å²) in [5, 5.41) is 40.8. The summed E-state index contributed by atoms with van der Waals surface area (Å²) < 4.78 is 50.9. The van der Waals surface area contributed by atoms with E-state index in [1.165, 1.54) is 17.2 Å². The van der Waals surface area contributed by atoms with Gasteiger partial charge in [0.25, 0.3) is 10.1 Å². The number of aliphatic hydroxyl groups is 4. The first kappa shape index (κ1) is 31.3. The molecule has 0 saturated carbocycles. The zero-order valence-electron chi connectivity index (χ0n) is 19.8. The molecular formula is C17H31N6O12PS. The van der Waals surface area contributed by atoms with Gasteiger partial charge in [-0.25, -0.2) is 19.5 Å². The quantitative estimate of drug-likeness (QED) is 0.0993. The molecule has 3 rings (SSSR count). The Labute approximate surface area is 211 Å². The highest BCUT2D eigenvalue weighted by Gasteiger charge is 2.45. The minimum Gasteiger partial charge on any atom is -0.394 e. The lowest BCUT2D eigenvalue weighted by Gasteiger charge is -2.24. The maximum atomic E-state index is 10.7. The second kappa shape index (κ2) is 12.3. The molecule has 37 heavy (non-hydrogen) atoms. The molecule has 1 fully saturated rings. The number of β-amino-alcohol motifs (C(OH)–C–C–N with tert-alkyl or cyclic N) is 1. The Balaban J connectivity index is 0.000000298. The number of anilines is 1. The minimum absolute atomic E-state index is 0.00660. The lowest BCUT2D eigenvalue weighted by Crippen LogP contribution is -2.47. The Hall–Kier alpha value is -1.87. The van der Waals surface area contributed by atoms with Crippen molar-refractivity contribution in [1.82, 2.24) is 24.8 Å². The van der Waals surface area contributed by atoms with Crippen LogP contribution < -0.4 is 11.1 Å². The topological polar surface area (TPSA) is 293 Å². The lowest BCUT2D eigenvalue weighted by molar-refractivity contribution is -0.0504. The number of phosphoric ester groups is 1. The number of aromatic nitrogens is 4. The fraction of sp³-hybridized carbons (Fsp3) is 0.706. The predicted molar refractivity (Wildman–Crippen MR) is 125 cm³/mol. The monoisotopic (exact) mass is 574 g/mol. The number of nitrogen functional groups attached to an aromatic ring is 1. The summed E-state index contributed by atoms with van der Waals surface area (Å²) in [5.41, 5.74) is 5.67. The van der Waals surface area contributed by atoms with Crippen LogP contribution in [0.15, 0.2) is 12.7 Å². The number of hydrogen-bond donors (Lipinski definition) is 9. The van der Waals surface area contributed by atoms with Crippen LogP contribution in [-0.2, 0) is 23.9 Å². The first-order valence-corrected chi connectivity index (χ1v) is 13.7. The summed E-state index contributed by atoms with van der Waals surface area (Å²) in [6.45, 7) is 2.67. The van der Waals surface area contributed by atoms with Crippen LogP contribution in [0.5, 0.6) is 0 Å². The number of aliphatic hydroxyl groups excluding tert-OH is 4. The number of ether oxygens (including phenoxy) is 1. The molecule has 2 aromatic rings. The molecule has 3 heterocycles. The number of imidazole rings is 1. The van der Waals surface area contributed by atoms with Crippen molar-refractivity contribution in [2.24, 2.45) is 0 Å². The third kappa shape index (κ3) is 9.43. The zero-order valence-corrected chi connectivity index (χ0v) is 21.5. The SMILES string of the molecule is CC(C)(CO)NCC(O)CS(=O)(=O)O.Nc1ncnc2c1ncn2[C@@H]1O[C@H](COP(=O)(O)O)[C@@H](O)[C@H]1O. The maximum absolute atomic E-state index is 10.7. The lowest BCUT2D eigenvalue weighted by atomic mass is 10.1. The minimum atomic E-state index is -4.72. The Kier molecular flexibility index (Phi) is 10.4. The fourth-order valence-electron chi connectivity index (χ4n) is 3.08. The number of phosphoric acid groups is 1. The van der Waals surface area contributed by atoms with E-state index in [-0.39, 0.29) is 24.6 Å². The molecule has 0 aromatic carbocycles. The summed E-state index contributed by atoms with van der Waals surface area (Å²) in [5.74, 6) is -0.565. The van der Waals surface area contributed by atoms with Crippen molar-refractivity contribution in [2.45, 2.75) is 50.0 Å². The van der Waals surface area contributed by atoms with E-state index in [0.29, 0.717) is 5.52 Å². The molecule has 0 bridgehead atoms. The highest BCUT2D eigenvalue weighted by Crippen LogP contribution is 2.38.